The number of H-pyrrole nitrogens is 5. The first-order valence-electron chi connectivity index (χ1n) is 26.9. The number of fused-ring (bicyclic) bond motifs is 21. The lowest BCUT2D eigenvalue weighted by molar-refractivity contribution is 1.34. The number of pyridine rings is 2. The van der Waals surface area contributed by atoms with Crippen molar-refractivity contribution in [3.63, 3.8) is 0 Å². The van der Waals surface area contributed by atoms with Crippen molar-refractivity contribution in [3.05, 3.63) is 219 Å². The lowest BCUT2D eigenvalue weighted by Gasteiger charge is -2.08. The minimum Gasteiger partial charge on any atom is -0.399 e. The molecule has 8 heterocycles. The molecule has 12 nitrogen and oxygen atoms in total. The number of benzene rings is 10. The predicted molar refractivity (Wildman–Crippen MR) is 354 cm³/mol. The van der Waals surface area contributed by atoms with Gasteiger partial charge in [0.25, 0.3) is 0 Å². The Morgan fingerprint density at radius 1 is 0.373 bits per heavy atom. The van der Waals surface area contributed by atoms with Crippen LogP contribution in [0.25, 0.3) is 142 Å². The normalized spacial score (nSPS) is 12.4. The van der Waals surface area contributed by atoms with E-state index in [4.69, 9.17) is 26.4 Å². The third kappa shape index (κ3) is 8.09. The number of aliphatic imine (C=N–C) groups is 1. The summed E-state index contributed by atoms with van der Waals surface area (Å²) in [5.41, 5.74) is 29.4. The van der Waals surface area contributed by atoms with E-state index in [1.165, 1.54) is 16.3 Å². The average Bonchev–Trinajstić information content (AvgIpc) is 4.19. The topological polar surface area (TPSA) is 195 Å². The molecule has 0 unspecified atom stereocenters. The number of nitrogens with zero attached hydrogens (tertiary/aromatic N) is 5. The number of aromatic amines is 5. The molecule has 1 aliphatic rings. The van der Waals surface area contributed by atoms with Gasteiger partial charge in [0, 0.05) is 144 Å². The summed E-state index contributed by atoms with van der Waals surface area (Å²) in [6.07, 6.45) is 10.5. The van der Waals surface area contributed by atoms with Gasteiger partial charge in [-0.3, -0.25) is 15.0 Å². The summed E-state index contributed by atoms with van der Waals surface area (Å²) < 4.78 is 3.15. The Bertz CT molecular complexity index is 5590. The fraction of sp³-hybridized carbons (Fsp3) is 0.0147. The molecule has 0 atom stereocenters. The highest BCUT2D eigenvalue weighted by molar-refractivity contribution is 9.11. The van der Waals surface area contributed by atoms with E-state index in [1.807, 2.05) is 79.4 Å². The summed E-state index contributed by atoms with van der Waals surface area (Å²) >= 11 is 10.7. The number of halogens is 3. The molecule has 10 aromatic carbocycles. The number of hydrogen-bond donors (Lipinski definition) is 7. The van der Waals surface area contributed by atoms with Crippen molar-refractivity contribution >= 4 is 190 Å². The number of hydrogen-bond acceptors (Lipinski definition) is 7. The van der Waals surface area contributed by atoms with Crippen LogP contribution in [0.5, 0.6) is 0 Å². The molecule has 9 N–H and O–H groups in total. The van der Waals surface area contributed by atoms with Crippen LogP contribution in [0.4, 0.5) is 17.1 Å². The average molecular weight is 1270 g/mol. The van der Waals surface area contributed by atoms with E-state index in [2.05, 4.69) is 198 Å². The molecule has 0 aliphatic carbocycles. The highest BCUT2D eigenvalue weighted by atomic mass is 79.9. The third-order valence-electron chi connectivity index (χ3n) is 16.0. The number of rotatable bonds is 3. The zero-order valence-corrected chi connectivity index (χ0v) is 48.5. The molecule has 17 aromatic rings. The molecule has 0 saturated carbocycles. The first-order valence-corrected chi connectivity index (χ1v) is 29.3. The molecule has 0 saturated heterocycles. The summed E-state index contributed by atoms with van der Waals surface area (Å²) in [4.78, 5) is 41.5. The van der Waals surface area contributed by atoms with Crippen LogP contribution in [-0.4, -0.2) is 50.6 Å². The van der Waals surface area contributed by atoms with Crippen LogP contribution in [0, 0.1) is 0 Å². The molecular formula is C68H43Br3N12. The number of anilines is 2. The molecule has 83 heavy (non-hydrogen) atoms. The van der Waals surface area contributed by atoms with Crippen molar-refractivity contribution < 1.29 is 0 Å². The molecular weight excluding hydrogens is 1220 g/mol. The molecule has 0 bridgehead atoms. The maximum absolute atomic E-state index is 6.10. The number of nitrogens with two attached hydrogens (primary N) is 2. The zero-order chi connectivity index (χ0) is 55.6. The van der Waals surface area contributed by atoms with Gasteiger partial charge < -0.3 is 36.4 Å². The molecule has 396 valence electrons. The lowest BCUT2D eigenvalue weighted by atomic mass is 9.98. The van der Waals surface area contributed by atoms with Gasteiger partial charge in [0.05, 0.1) is 44.5 Å². The Labute approximate surface area is 496 Å². The molecule has 15 heteroatoms. The SMILES string of the molecule is Brc1ccc2[nH]cc(C3=Nc4c(c5cccnc5c5ncccc45)C3)c2c1.Nc1ccc2c(c1)c1ccccc1c1nc(-c3c[nH]c4ccc(Br)cc34)[nH]c21.Nc1ccc2c3ccccc3c3[nH]c(-c4c[nH]c5ccc(Br)cc45)nc3c2c1. The number of nitrogens with one attached hydrogen (secondary N) is 5. The van der Waals surface area contributed by atoms with Crippen LogP contribution in [0.2, 0.25) is 0 Å². The Hall–Kier alpha value is -9.67. The Morgan fingerprint density at radius 3 is 1.42 bits per heavy atom. The maximum atomic E-state index is 6.10. The van der Waals surface area contributed by atoms with Crippen LogP contribution in [0.3, 0.4) is 0 Å². The summed E-state index contributed by atoms with van der Waals surface area (Å²) in [7, 11) is 0. The van der Waals surface area contributed by atoms with Gasteiger partial charge in [-0.15, -0.1) is 0 Å². The van der Waals surface area contributed by atoms with E-state index < -0.39 is 0 Å². The van der Waals surface area contributed by atoms with Crippen molar-refractivity contribution in [1.82, 2.24) is 44.9 Å². The highest BCUT2D eigenvalue weighted by Crippen LogP contribution is 2.43. The number of imidazole rings is 2. The van der Waals surface area contributed by atoms with E-state index >= 15 is 0 Å². The van der Waals surface area contributed by atoms with E-state index in [0.717, 1.165) is 180 Å². The van der Waals surface area contributed by atoms with Gasteiger partial charge in [0.15, 0.2) is 0 Å². The van der Waals surface area contributed by atoms with Gasteiger partial charge in [0.1, 0.15) is 11.6 Å². The predicted octanol–water partition coefficient (Wildman–Crippen LogP) is 18.4. The highest BCUT2D eigenvalue weighted by Gasteiger charge is 2.25. The first kappa shape index (κ1) is 49.2. The van der Waals surface area contributed by atoms with E-state index in [0.29, 0.717) is 0 Å². The van der Waals surface area contributed by atoms with Crippen molar-refractivity contribution in [2.75, 3.05) is 11.5 Å². The van der Waals surface area contributed by atoms with Crippen molar-refractivity contribution in [2.24, 2.45) is 4.99 Å². The molecule has 0 fully saturated rings. The maximum Gasteiger partial charge on any atom is 0.140 e. The quantitative estimate of drug-likeness (QED) is 0.0679. The van der Waals surface area contributed by atoms with Gasteiger partial charge in [-0.2, -0.15) is 0 Å². The van der Waals surface area contributed by atoms with Gasteiger partial charge in [-0.25, -0.2) is 9.97 Å². The van der Waals surface area contributed by atoms with E-state index in [1.54, 1.807) is 0 Å². The van der Waals surface area contributed by atoms with Gasteiger partial charge in [-0.1, -0.05) is 115 Å². The number of aromatic nitrogens is 9. The van der Waals surface area contributed by atoms with E-state index in [-0.39, 0.29) is 0 Å². The van der Waals surface area contributed by atoms with E-state index in [9.17, 15) is 0 Å². The minimum absolute atomic E-state index is 0.740. The molecule has 0 spiro atoms. The number of nitrogen functional groups attached to an aromatic ring is 2. The molecule has 0 radical (unpaired) electrons. The summed E-state index contributed by atoms with van der Waals surface area (Å²) in [6.45, 7) is 0. The first-order chi connectivity index (χ1) is 40.7. The Kier molecular flexibility index (Phi) is 11.4. The van der Waals surface area contributed by atoms with Crippen LogP contribution in [-0.2, 0) is 6.42 Å². The third-order valence-corrected chi connectivity index (χ3v) is 17.5. The molecule has 1 aliphatic heterocycles. The standard InChI is InChI=1S/2C23H15BrN4.C22H13BrN4/c24-12-5-8-20-17(9-12)19(11-26-20)23-27-21-16-4-2-1-3-14(16)15-7-6-13(25)10-18(15)22(21)28-23;24-12-5-8-20-18(9-12)19(11-26-20)23-27-21-15-4-2-1-3-14(15)17-10-13(25)6-7-16(17)22(21)28-23;23-12-5-6-18-15(9-12)17(11-26-18)19-10-16-13-3-1-7-24-21(13)22-14(20(16)27-19)4-2-8-25-22/h2*1-11,26H,25H2,(H,27,28);1-9,11,26H,10H2. The van der Waals surface area contributed by atoms with Crippen molar-refractivity contribution in [3.8, 4) is 22.8 Å². The zero-order valence-electron chi connectivity index (χ0n) is 43.7. The molecule has 7 aromatic heterocycles. The smallest absolute Gasteiger partial charge is 0.140 e. The second-order valence-electron chi connectivity index (χ2n) is 20.9. The minimum atomic E-state index is 0.740. The molecule has 0 amide bonds. The van der Waals surface area contributed by atoms with Gasteiger partial charge >= 0.3 is 0 Å². The second-order valence-corrected chi connectivity index (χ2v) is 23.6. The fourth-order valence-corrected chi connectivity index (χ4v) is 13.3. The van der Waals surface area contributed by atoms with Gasteiger partial charge in [-0.05, 0) is 124 Å². The van der Waals surface area contributed by atoms with Crippen LogP contribution >= 0.6 is 47.8 Å². The van der Waals surface area contributed by atoms with Gasteiger partial charge in [0.2, 0.25) is 0 Å². The van der Waals surface area contributed by atoms with Crippen LogP contribution < -0.4 is 11.5 Å². The Morgan fingerprint density at radius 2 is 0.819 bits per heavy atom. The monoisotopic (exact) mass is 1260 g/mol. The summed E-state index contributed by atoms with van der Waals surface area (Å²) in [5, 5.41) is 14.8. The fourth-order valence-electron chi connectivity index (χ4n) is 12.3. The Balaban J connectivity index is 0.000000102. The molecule has 18 rings (SSSR count). The van der Waals surface area contributed by atoms with Crippen LogP contribution in [0.1, 0.15) is 11.1 Å². The summed E-state index contributed by atoms with van der Waals surface area (Å²) in [6, 6.07) is 55.8. The second kappa shape index (κ2) is 19.2. The van der Waals surface area contributed by atoms with Crippen molar-refractivity contribution in [2.45, 2.75) is 6.42 Å². The lowest BCUT2D eigenvalue weighted by Crippen LogP contribution is -2.00. The summed E-state index contributed by atoms with van der Waals surface area (Å²) in [5.74, 6) is 1.70. The largest absolute Gasteiger partial charge is 0.399 e. The van der Waals surface area contributed by atoms with Crippen molar-refractivity contribution in [1.29, 1.82) is 0 Å². The van der Waals surface area contributed by atoms with Crippen LogP contribution in [0.15, 0.2) is 213 Å².